The lowest BCUT2D eigenvalue weighted by molar-refractivity contribution is -0.128. The number of pyridine rings is 1. The number of rotatable bonds is 3. The Morgan fingerprint density at radius 2 is 2.14 bits per heavy atom. The van der Waals surface area contributed by atoms with Crippen LogP contribution in [0.2, 0.25) is 0 Å². The Balaban J connectivity index is 1.73. The summed E-state index contributed by atoms with van der Waals surface area (Å²) in [6, 6.07) is 3.83. The molecule has 0 unspecified atom stereocenters. The number of hydrogen-bond acceptors (Lipinski definition) is 4. The predicted molar refractivity (Wildman–Crippen MR) is 80.1 cm³/mol. The van der Waals surface area contributed by atoms with Crippen LogP contribution in [0.15, 0.2) is 12.1 Å². The molecule has 2 aliphatic heterocycles. The monoisotopic (exact) mass is 289 g/mol. The van der Waals surface area contributed by atoms with E-state index in [2.05, 4.69) is 10.3 Å². The summed E-state index contributed by atoms with van der Waals surface area (Å²) in [6.07, 6.45) is 2.89. The van der Waals surface area contributed by atoms with Gasteiger partial charge in [-0.3, -0.25) is 9.78 Å². The average Bonchev–Trinajstić information content (AvgIpc) is 2.74. The molecule has 3 rings (SSSR count). The lowest BCUT2D eigenvalue weighted by Crippen LogP contribution is -2.38. The molecule has 0 radical (unpaired) electrons. The minimum atomic E-state index is 0.191. The Kier molecular flexibility index (Phi) is 3.85. The molecule has 1 amide bonds. The van der Waals surface area contributed by atoms with Gasteiger partial charge in [-0.05, 0) is 38.3 Å². The fraction of sp³-hybridized carbons (Fsp3) is 0.625. The van der Waals surface area contributed by atoms with Gasteiger partial charge in [-0.15, -0.1) is 0 Å². The van der Waals surface area contributed by atoms with E-state index in [4.69, 9.17) is 4.74 Å². The molecule has 2 saturated heterocycles. The van der Waals surface area contributed by atoms with Gasteiger partial charge in [0, 0.05) is 30.8 Å². The van der Waals surface area contributed by atoms with Gasteiger partial charge in [0.05, 0.1) is 19.3 Å². The maximum atomic E-state index is 12.3. The van der Waals surface area contributed by atoms with E-state index in [1.165, 1.54) is 0 Å². The van der Waals surface area contributed by atoms with E-state index < -0.39 is 0 Å². The number of methoxy groups -OCH3 is 1. The van der Waals surface area contributed by atoms with Gasteiger partial charge in [-0.1, -0.05) is 0 Å². The van der Waals surface area contributed by atoms with Gasteiger partial charge < -0.3 is 15.0 Å². The standard InChI is InChI=1S/C16H23N3O2/c1-12-7-14(21-2)8-13(18-12)10-19-11-16(9-15(19)20)3-5-17-6-4-16/h7-8,17H,3-6,9-11H2,1-2H3. The van der Waals surface area contributed by atoms with Gasteiger partial charge in [0.2, 0.25) is 5.91 Å². The molecule has 114 valence electrons. The van der Waals surface area contributed by atoms with E-state index in [-0.39, 0.29) is 11.3 Å². The number of aromatic nitrogens is 1. The zero-order valence-electron chi connectivity index (χ0n) is 12.8. The second kappa shape index (κ2) is 5.64. The Hall–Kier alpha value is -1.62. The third-order valence-electron chi connectivity index (χ3n) is 4.64. The lowest BCUT2D eigenvalue weighted by Gasteiger charge is -2.33. The third kappa shape index (κ3) is 3.02. The zero-order valence-corrected chi connectivity index (χ0v) is 12.8. The van der Waals surface area contributed by atoms with Crippen molar-refractivity contribution in [2.45, 2.75) is 32.7 Å². The highest BCUT2D eigenvalue weighted by atomic mass is 16.5. The molecule has 0 aromatic carbocycles. The number of carbonyl (C=O) groups excluding carboxylic acids is 1. The fourth-order valence-corrected chi connectivity index (χ4v) is 3.51. The molecule has 5 heteroatoms. The first-order valence-electron chi connectivity index (χ1n) is 7.60. The molecule has 5 nitrogen and oxygen atoms in total. The van der Waals surface area contributed by atoms with Crippen molar-refractivity contribution in [2.75, 3.05) is 26.7 Å². The summed E-state index contributed by atoms with van der Waals surface area (Å²) < 4.78 is 5.29. The first-order chi connectivity index (χ1) is 10.1. The Morgan fingerprint density at radius 3 is 2.86 bits per heavy atom. The number of nitrogens with one attached hydrogen (secondary N) is 1. The smallest absolute Gasteiger partial charge is 0.223 e. The maximum Gasteiger partial charge on any atom is 0.223 e. The number of amides is 1. The van der Waals surface area contributed by atoms with Crippen molar-refractivity contribution in [1.29, 1.82) is 0 Å². The van der Waals surface area contributed by atoms with Crippen molar-refractivity contribution >= 4 is 5.91 Å². The average molecular weight is 289 g/mol. The Bertz CT molecular complexity index is 538. The molecule has 1 spiro atoms. The van der Waals surface area contributed by atoms with Crippen LogP contribution in [0.25, 0.3) is 0 Å². The third-order valence-corrected chi connectivity index (χ3v) is 4.64. The maximum absolute atomic E-state index is 12.3. The summed E-state index contributed by atoms with van der Waals surface area (Å²) in [5.74, 6) is 1.07. The van der Waals surface area contributed by atoms with Crippen LogP contribution in [-0.4, -0.2) is 42.5 Å². The first-order valence-corrected chi connectivity index (χ1v) is 7.60. The van der Waals surface area contributed by atoms with Crippen molar-refractivity contribution in [1.82, 2.24) is 15.2 Å². The van der Waals surface area contributed by atoms with Crippen LogP contribution in [-0.2, 0) is 11.3 Å². The van der Waals surface area contributed by atoms with Crippen LogP contribution in [0.3, 0.4) is 0 Å². The number of hydrogen-bond donors (Lipinski definition) is 1. The molecular formula is C16H23N3O2. The van der Waals surface area contributed by atoms with E-state index in [1.807, 2.05) is 24.0 Å². The summed E-state index contributed by atoms with van der Waals surface area (Å²) >= 11 is 0. The van der Waals surface area contributed by atoms with E-state index in [0.717, 1.165) is 49.6 Å². The molecule has 2 aliphatic rings. The van der Waals surface area contributed by atoms with Gasteiger partial charge in [0.15, 0.2) is 0 Å². The summed E-state index contributed by atoms with van der Waals surface area (Å²) in [4.78, 5) is 18.8. The van der Waals surface area contributed by atoms with Crippen molar-refractivity contribution in [3.63, 3.8) is 0 Å². The van der Waals surface area contributed by atoms with E-state index >= 15 is 0 Å². The Labute approximate surface area is 125 Å². The molecule has 0 saturated carbocycles. The van der Waals surface area contributed by atoms with Crippen molar-refractivity contribution in [2.24, 2.45) is 5.41 Å². The molecule has 0 aliphatic carbocycles. The summed E-state index contributed by atoms with van der Waals surface area (Å²) in [6.45, 7) is 5.46. The molecule has 1 N–H and O–H groups in total. The van der Waals surface area contributed by atoms with Crippen LogP contribution in [0.4, 0.5) is 0 Å². The quantitative estimate of drug-likeness (QED) is 0.916. The summed E-state index contributed by atoms with van der Waals surface area (Å²) in [5.41, 5.74) is 2.02. The van der Waals surface area contributed by atoms with Gasteiger partial charge in [-0.2, -0.15) is 0 Å². The van der Waals surface area contributed by atoms with Crippen molar-refractivity contribution in [3.8, 4) is 5.75 Å². The number of ether oxygens (including phenoxy) is 1. The highest BCUT2D eigenvalue weighted by Crippen LogP contribution is 2.39. The van der Waals surface area contributed by atoms with E-state index in [1.54, 1.807) is 7.11 Å². The number of aryl methyl sites for hydroxylation is 1. The van der Waals surface area contributed by atoms with Gasteiger partial charge in [0.25, 0.3) is 0 Å². The summed E-state index contributed by atoms with van der Waals surface area (Å²) in [5, 5.41) is 3.38. The lowest BCUT2D eigenvalue weighted by atomic mass is 9.78. The molecular weight excluding hydrogens is 266 g/mol. The molecule has 0 atom stereocenters. The van der Waals surface area contributed by atoms with Crippen LogP contribution in [0.5, 0.6) is 5.75 Å². The minimum absolute atomic E-state index is 0.191. The highest BCUT2D eigenvalue weighted by molar-refractivity contribution is 5.79. The zero-order chi connectivity index (χ0) is 14.9. The largest absolute Gasteiger partial charge is 0.497 e. The predicted octanol–water partition coefficient (Wildman–Crippen LogP) is 1.50. The van der Waals surface area contributed by atoms with E-state index in [9.17, 15) is 4.79 Å². The minimum Gasteiger partial charge on any atom is -0.497 e. The fourth-order valence-electron chi connectivity index (χ4n) is 3.51. The molecule has 2 fully saturated rings. The van der Waals surface area contributed by atoms with Gasteiger partial charge in [-0.25, -0.2) is 0 Å². The first kappa shape index (κ1) is 14.3. The normalized spacial score (nSPS) is 21.0. The van der Waals surface area contributed by atoms with E-state index in [0.29, 0.717) is 13.0 Å². The number of nitrogens with zero attached hydrogens (tertiary/aromatic N) is 2. The second-order valence-corrected chi connectivity index (χ2v) is 6.32. The molecule has 3 heterocycles. The summed E-state index contributed by atoms with van der Waals surface area (Å²) in [7, 11) is 1.66. The van der Waals surface area contributed by atoms with Crippen LogP contribution in [0, 0.1) is 12.3 Å². The SMILES string of the molecule is COc1cc(C)nc(CN2CC3(CCNCC3)CC2=O)c1. The topological polar surface area (TPSA) is 54.5 Å². The molecule has 1 aromatic rings. The van der Waals surface area contributed by atoms with Gasteiger partial charge >= 0.3 is 0 Å². The van der Waals surface area contributed by atoms with Crippen molar-refractivity contribution in [3.05, 3.63) is 23.5 Å². The van der Waals surface area contributed by atoms with Crippen LogP contribution >= 0.6 is 0 Å². The Morgan fingerprint density at radius 1 is 1.38 bits per heavy atom. The molecule has 0 bridgehead atoms. The number of likely N-dealkylation sites (tertiary alicyclic amines) is 1. The number of carbonyl (C=O) groups is 1. The van der Waals surface area contributed by atoms with Gasteiger partial charge in [0.1, 0.15) is 5.75 Å². The molecule has 1 aromatic heterocycles. The number of piperidine rings is 1. The van der Waals surface area contributed by atoms with Crippen LogP contribution in [0.1, 0.15) is 30.7 Å². The van der Waals surface area contributed by atoms with Crippen LogP contribution < -0.4 is 10.1 Å². The molecule has 21 heavy (non-hydrogen) atoms. The second-order valence-electron chi connectivity index (χ2n) is 6.32. The van der Waals surface area contributed by atoms with Crippen molar-refractivity contribution < 1.29 is 9.53 Å². The highest BCUT2D eigenvalue weighted by Gasteiger charge is 2.43.